The van der Waals surface area contributed by atoms with E-state index in [2.05, 4.69) is 5.32 Å². The van der Waals surface area contributed by atoms with Gasteiger partial charge in [-0.3, -0.25) is 9.59 Å². The first-order valence-electron chi connectivity index (χ1n) is 9.07. The van der Waals surface area contributed by atoms with Crippen molar-refractivity contribution in [1.29, 1.82) is 0 Å². The van der Waals surface area contributed by atoms with Crippen LogP contribution >= 0.6 is 34.8 Å². The van der Waals surface area contributed by atoms with Gasteiger partial charge in [-0.05, 0) is 48.7 Å². The Bertz CT molecular complexity index is 825. The quantitative estimate of drug-likeness (QED) is 0.617. The van der Waals surface area contributed by atoms with Crippen molar-refractivity contribution in [3.63, 3.8) is 0 Å². The van der Waals surface area contributed by atoms with Crippen LogP contribution in [0.2, 0.25) is 15.1 Å². The molecule has 0 aliphatic carbocycles. The van der Waals surface area contributed by atoms with E-state index in [0.29, 0.717) is 33.7 Å². The van der Waals surface area contributed by atoms with E-state index in [9.17, 15) is 9.59 Å². The predicted octanol–water partition coefficient (Wildman–Crippen LogP) is 5.13. The zero-order valence-corrected chi connectivity index (χ0v) is 18.1. The first-order chi connectivity index (χ1) is 13.3. The molecule has 0 saturated heterocycles. The van der Waals surface area contributed by atoms with Gasteiger partial charge in [-0.25, -0.2) is 0 Å². The predicted molar refractivity (Wildman–Crippen MR) is 115 cm³/mol. The summed E-state index contributed by atoms with van der Waals surface area (Å²) in [6.07, 6.45) is 0.902. The number of carbonyl (C=O) groups is 2. The summed E-state index contributed by atoms with van der Waals surface area (Å²) in [5.74, 6) is -0.385. The van der Waals surface area contributed by atoms with Crippen LogP contribution in [0.5, 0.6) is 0 Å². The monoisotopic (exact) mass is 440 g/mol. The molecule has 2 rings (SSSR count). The highest BCUT2D eigenvalue weighted by atomic mass is 35.5. The largest absolute Gasteiger partial charge is 0.354 e. The lowest BCUT2D eigenvalue weighted by Crippen LogP contribution is -2.48. The Labute approximate surface area is 180 Å². The lowest BCUT2D eigenvalue weighted by atomic mass is 10.1. The molecule has 0 aliphatic heterocycles. The fraction of sp³-hybridized carbons (Fsp3) is 0.333. The second-order valence-corrected chi connectivity index (χ2v) is 7.81. The molecule has 2 aromatic rings. The van der Waals surface area contributed by atoms with Gasteiger partial charge in [0.25, 0.3) is 0 Å². The number of nitrogens with one attached hydrogen (secondary N) is 1. The first kappa shape index (κ1) is 22.5. The molecule has 0 aromatic heterocycles. The molecule has 7 heteroatoms. The standard InChI is InChI=1S/C21H23Cl3N2O2/c1-3-10-25-21(28)14(2)26(13-15-4-7-17(22)8-5-15)20(27)11-16-6-9-18(23)12-19(16)24/h4-9,12,14H,3,10-11,13H2,1-2H3,(H,25,28)/t14-/m1/s1. The van der Waals surface area contributed by atoms with Gasteiger partial charge in [0, 0.05) is 28.2 Å². The van der Waals surface area contributed by atoms with Crippen LogP contribution in [0.25, 0.3) is 0 Å². The normalized spacial score (nSPS) is 11.8. The molecular weight excluding hydrogens is 419 g/mol. The highest BCUT2D eigenvalue weighted by Gasteiger charge is 2.26. The molecular formula is C21H23Cl3N2O2. The molecule has 0 heterocycles. The highest BCUT2D eigenvalue weighted by molar-refractivity contribution is 6.35. The van der Waals surface area contributed by atoms with Gasteiger partial charge in [0.1, 0.15) is 6.04 Å². The third-order valence-corrected chi connectivity index (χ3v) is 5.18. The van der Waals surface area contributed by atoms with E-state index in [1.807, 2.05) is 19.1 Å². The van der Waals surface area contributed by atoms with Crippen LogP contribution in [-0.2, 0) is 22.6 Å². The van der Waals surface area contributed by atoms with Crippen molar-refractivity contribution in [2.24, 2.45) is 0 Å². The Morgan fingerprint density at radius 2 is 1.68 bits per heavy atom. The Balaban J connectivity index is 2.23. The van der Waals surface area contributed by atoms with E-state index >= 15 is 0 Å². The number of carbonyl (C=O) groups excluding carboxylic acids is 2. The van der Waals surface area contributed by atoms with Crippen molar-refractivity contribution >= 4 is 46.6 Å². The van der Waals surface area contributed by atoms with E-state index in [1.165, 1.54) is 0 Å². The maximum Gasteiger partial charge on any atom is 0.242 e. The van der Waals surface area contributed by atoms with Crippen LogP contribution in [-0.4, -0.2) is 29.3 Å². The second-order valence-electron chi connectivity index (χ2n) is 6.53. The summed E-state index contributed by atoms with van der Waals surface area (Å²) < 4.78 is 0. The van der Waals surface area contributed by atoms with Gasteiger partial charge in [0.05, 0.1) is 6.42 Å². The Kier molecular flexibility index (Phi) is 8.61. The van der Waals surface area contributed by atoms with Gasteiger partial charge in [0.15, 0.2) is 0 Å². The van der Waals surface area contributed by atoms with Gasteiger partial charge in [-0.15, -0.1) is 0 Å². The molecule has 1 atom stereocenters. The van der Waals surface area contributed by atoms with Crippen LogP contribution in [0.1, 0.15) is 31.4 Å². The summed E-state index contributed by atoms with van der Waals surface area (Å²) in [4.78, 5) is 27.1. The van der Waals surface area contributed by atoms with Gasteiger partial charge in [-0.2, -0.15) is 0 Å². The number of hydrogen-bond acceptors (Lipinski definition) is 2. The molecule has 0 bridgehead atoms. The molecule has 4 nitrogen and oxygen atoms in total. The average Bonchev–Trinajstić information content (AvgIpc) is 2.67. The number of rotatable bonds is 8. The fourth-order valence-corrected chi connectivity index (χ4v) is 3.30. The topological polar surface area (TPSA) is 49.4 Å². The lowest BCUT2D eigenvalue weighted by molar-refractivity contribution is -0.140. The summed E-state index contributed by atoms with van der Waals surface area (Å²) in [7, 11) is 0. The fourth-order valence-electron chi connectivity index (χ4n) is 2.69. The van der Waals surface area contributed by atoms with Crippen molar-refractivity contribution < 1.29 is 9.59 Å². The molecule has 0 unspecified atom stereocenters. The molecule has 0 spiro atoms. The summed E-state index contributed by atoms with van der Waals surface area (Å²) >= 11 is 18.1. The molecule has 2 aromatic carbocycles. The summed E-state index contributed by atoms with van der Waals surface area (Å²) in [6, 6.07) is 11.6. The Morgan fingerprint density at radius 1 is 1.04 bits per heavy atom. The third kappa shape index (κ3) is 6.40. The van der Waals surface area contributed by atoms with E-state index in [1.54, 1.807) is 42.2 Å². The number of amides is 2. The van der Waals surface area contributed by atoms with Crippen LogP contribution in [0.4, 0.5) is 0 Å². The van der Waals surface area contributed by atoms with Gasteiger partial charge < -0.3 is 10.2 Å². The van der Waals surface area contributed by atoms with Gasteiger partial charge >= 0.3 is 0 Å². The number of benzene rings is 2. The molecule has 2 amide bonds. The van der Waals surface area contributed by atoms with Crippen LogP contribution in [0, 0.1) is 0 Å². The third-order valence-electron chi connectivity index (χ3n) is 4.34. The molecule has 150 valence electrons. The Hall–Kier alpha value is -1.75. The minimum Gasteiger partial charge on any atom is -0.354 e. The highest BCUT2D eigenvalue weighted by Crippen LogP contribution is 2.23. The molecule has 0 aliphatic rings. The maximum atomic E-state index is 13.1. The van der Waals surface area contributed by atoms with E-state index in [4.69, 9.17) is 34.8 Å². The van der Waals surface area contributed by atoms with Crippen molar-refractivity contribution in [1.82, 2.24) is 10.2 Å². The maximum absolute atomic E-state index is 13.1. The molecule has 1 N–H and O–H groups in total. The zero-order valence-electron chi connectivity index (χ0n) is 15.8. The van der Waals surface area contributed by atoms with E-state index < -0.39 is 6.04 Å². The van der Waals surface area contributed by atoms with E-state index in [-0.39, 0.29) is 18.2 Å². The summed E-state index contributed by atoms with van der Waals surface area (Å²) in [5, 5.41) is 4.39. The molecule has 0 saturated carbocycles. The smallest absolute Gasteiger partial charge is 0.242 e. The number of hydrogen-bond donors (Lipinski definition) is 1. The van der Waals surface area contributed by atoms with Crippen molar-refractivity contribution in [3.8, 4) is 0 Å². The number of halogens is 3. The lowest BCUT2D eigenvalue weighted by Gasteiger charge is -2.29. The Morgan fingerprint density at radius 3 is 2.29 bits per heavy atom. The minimum atomic E-state index is -0.624. The first-order valence-corrected chi connectivity index (χ1v) is 10.2. The van der Waals surface area contributed by atoms with Crippen LogP contribution in [0.3, 0.4) is 0 Å². The average molecular weight is 442 g/mol. The molecule has 0 radical (unpaired) electrons. The van der Waals surface area contributed by atoms with Gasteiger partial charge in [0.2, 0.25) is 11.8 Å². The second kappa shape index (κ2) is 10.7. The van der Waals surface area contributed by atoms with Gasteiger partial charge in [-0.1, -0.05) is 59.9 Å². The van der Waals surface area contributed by atoms with Crippen LogP contribution in [0.15, 0.2) is 42.5 Å². The summed E-state index contributed by atoms with van der Waals surface area (Å²) in [5.41, 5.74) is 1.55. The SMILES string of the molecule is CCCNC(=O)[C@@H](C)N(Cc1ccc(Cl)cc1)C(=O)Cc1ccc(Cl)cc1Cl. The molecule has 28 heavy (non-hydrogen) atoms. The van der Waals surface area contributed by atoms with Crippen molar-refractivity contribution in [2.45, 2.75) is 39.3 Å². The zero-order chi connectivity index (χ0) is 20.7. The van der Waals surface area contributed by atoms with Crippen molar-refractivity contribution in [3.05, 3.63) is 68.7 Å². The van der Waals surface area contributed by atoms with Crippen LogP contribution < -0.4 is 5.32 Å². The van der Waals surface area contributed by atoms with Crippen molar-refractivity contribution in [2.75, 3.05) is 6.54 Å². The minimum absolute atomic E-state index is 0.0784. The van der Waals surface area contributed by atoms with E-state index in [0.717, 1.165) is 12.0 Å². The molecule has 0 fully saturated rings. The summed E-state index contributed by atoms with van der Waals surface area (Å²) in [6.45, 7) is 4.56. The number of nitrogens with zero attached hydrogens (tertiary/aromatic N) is 1.